The van der Waals surface area contributed by atoms with Gasteiger partial charge in [0.05, 0.1) is 12.1 Å². The van der Waals surface area contributed by atoms with Crippen molar-refractivity contribution in [1.82, 2.24) is 10.3 Å². The number of nitrogens with zero attached hydrogens (tertiary/aromatic N) is 2. The van der Waals surface area contributed by atoms with Gasteiger partial charge < -0.3 is 15.5 Å². The lowest BCUT2D eigenvalue weighted by Crippen LogP contribution is -2.40. The number of nitrogens with one attached hydrogen (secondary N) is 2. The molecule has 1 aliphatic rings. The van der Waals surface area contributed by atoms with Crippen LogP contribution in [-0.2, 0) is 11.2 Å². The van der Waals surface area contributed by atoms with Crippen LogP contribution in [0.3, 0.4) is 0 Å². The molecule has 1 atom stereocenters. The van der Waals surface area contributed by atoms with E-state index >= 15 is 0 Å². The van der Waals surface area contributed by atoms with Crippen LogP contribution < -0.4 is 15.5 Å². The molecule has 0 radical (unpaired) electrons. The van der Waals surface area contributed by atoms with Crippen LogP contribution in [0.25, 0.3) is 0 Å². The summed E-state index contributed by atoms with van der Waals surface area (Å²) in [6, 6.07) is 10.8. The standard InChI is InChI=1S/C20H20N4O2/c1-3-11-21-19(25)16-8-9-18(22-13-16)23-14(2)20(26)24-12-10-15-6-4-5-7-17(15)24/h1,4-9,13-14H,10-12H2,2H3,(H,21,25)(H,22,23)/t14-/m0/s1. The molecule has 2 amide bonds. The fourth-order valence-corrected chi connectivity index (χ4v) is 2.93. The highest BCUT2D eigenvalue weighted by Gasteiger charge is 2.27. The number of aromatic nitrogens is 1. The molecule has 0 unspecified atom stereocenters. The van der Waals surface area contributed by atoms with Crippen molar-refractivity contribution < 1.29 is 9.59 Å². The molecule has 6 heteroatoms. The van der Waals surface area contributed by atoms with Crippen LogP contribution in [0.4, 0.5) is 11.5 Å². The average molecular weight is 348 g/mol. The van der Waals surface area contributed by atoms with E-state index in [1.165, 1.54) is 11.8 Å². The van der Waals surface area contributed by atoms with E-state index in [2.05, 4.69) is 21.5 Å². The predicted octanol–water partition coefficient (Wildman–Crippen LogP) is 1.83. The second-order valence-electron chi connectivity index (χ2n) is 6.05. The average Bonchev–Trinajstić information content (AvgIpc) is 3.10. The number of benzene rings is 1. The molecule has 2 aromatic rings. The van der Waals surface area contributed by atoms with E-state index in [1.807, 2.05) is 24.3 Å². The van der Waals surface area contributed by atoms with Crippen molar-refractivity contribution in [3.05, 3.63) is 53.7 Å². The van der Waals surface area contributed by atoms with Crippen molar-refractivity contribution in [1.29, 1.82) is 0 Å². The highest BCUT2D eigenvalue weighted by molar-refractivity contribution is 6.00. The first-order chi connectivity index (χ1) is 12.6. The Morgan fingerprint density at radius 1 is 1.31 bits per heavy atom. The van der Waals surface area contributed by atoms with E-state index in [9.17, 15) is 9.59 Å². The zero-order valence-electron chi connectivity index (χ0n) is 14.5. The lowest BCUT2D eigenvalue weighted by Gasteiger charge is -2.22. The van der Waals surface area contributed by atoms with E-state index in [4.69, 9.17) is 6.42 Å². The number of pyridine rings is 1. The first-order valence-electron chi connectivity index (χ1n) is 8.43. The Hall–Kier alpha value is -3.33. The highest BCUT2D eigenvalue weighted by Crippen LogP contribution is 2.28. The summed E-state index contributed by atoms with van der Waals surface area (Å²) in [5.41, 5.74) is 2.58. The molecule has 0 bridgehead atoms. The fourth-order valence-electron chi connectivity index (χ4n) is 2.93. The van der Waals surface area contributed by atoms with Crippen LogP contribution in [-0.4, -0.2) is 35.9 Å². The van der Waals surface area contributed by atoms with Crippen LogP contribution in [0.2, 0.25) is 0 Å². The normalized spacial score (nSPS) is 13.5. The summed E-state index contributed by atoms with van der Waals surface area (Å²) in [5, 5.41) is 5.67. The molecule has 0 saturated heterocycles. The molecule has 6 nitrogen and oxygen atoms in total. The van der Waals surface area contributed by atoms with Crippen LogP contribution in [0.5, 0.6) is 0 Å². The summed E-state index contributed by atoms with van der Waals surface area (Å²) in [5.74, 6) is 2.59. The van der Waals surface area contributed by atoms with Gasteiger partial charge in [-0.3, -0.25) is 9.59 Å². The summed E-state index contributed by atoms with van der Waals surface area (Å²) in [6.45, 7) is 2.66. The number of anilines is 2. The van der Waals surface area contributed by atoms with Crippen LogP contribution in [0, 0.1) is 12.3 Å². The quantitative estimate of drug-likeness (QED) is 0.809. The number of rotatable bonds is 5. The summed E-state index contributed by atoms with van der Waals surface area (Å²) in [4.78, 5) is 30.6. The second-order valence-corrected chi connectivity index (χ2v) is 6.05. The Labute approximate surface area is 152 Å². The molecule has 2 N–H and O–H groups in total. The van der Waals surface area contributed by atoms with Crippen molar-refractivity contribution in [3.63, 3.8) is 0 Å². The molecule has 132 valence electrons. The minimum absolute atomic E-state index is 0.00686. The second kappa shape index (κ2) is 7.70. The maximum atomic E-state index is 12.8. The lowest BCUT2D eigenvalue weighted by molar-refractivity contribution is -0.118. The first-order valence-corrected chi connectivity index (χ1v) is 8.43. The third-order valence-corrected chi connectivity index (χ3v) is 4.26. The topological polar surface area (TPSA) is 74.3 Å². The van der Waals surface area contributed by atoms with Crippen LogP contribution >= 0.6 is 0 Å². The molecule has 0 aliphatic carbocycles. The van der Waals surface area contributed by atoms with Gasteiger partial charge in [-0.1, -0.05) is 24.1 Å². The summed E-state index contributed by atoms with van der Waals surface area (Å²) < 4.78 is 0. The molecule has 1 aliphatic heterocycles. The van der Waals surface area contributed by atoms with Gasteiger partial charge in [0.15, 0.2) is 0 Å². The summed E-state index contributed by atoms with van der Waals surface area (Å²) >= 11 is 0. The number of carbonyl (C=O) groups excluding carboxylic acids is 2. The van der Waals surface area contributed by atoms with Gasteiger partial charge in [-0.05, 0) is 37.1 Å². The monoisotopic (exact) mass is 348 g/mol. The molecular weight excluding hydrogens is 328 g/mol. The molecule has 26 heavy (non-hydrogen) atoms. The van der Waals surface area contributed by atoms with Crippen LogP contribution in [0.15, 0.2) is 42.6 Å². The summed E-state index contributed by atoms with van der Waals surface area (Å²) in [7, 11) is 0. The molecule has 0 saturated carbocycles. The van der Waals surface area contributed by atoms with Crippen molar-refractivity contribution in [2.75, 3.05) is 23.3 Å². The van der Waals surface area contributed by atoms with Crippen molar-refractivity contribution in [3.8, 4) is 12.3 Å². The van der Waals surface area contributed by atoms with Gasteiger partial charge in [0.1, 0.15) is 11.9 Å². The van der Waals surface area contributed by atoms with Crippen molar-refractivity contribution in [2.45, 2.75) is 19.4 Å². The van der Waals surface area contributed by atoms with E-state index in [1.54, 1.807) is 24.0 Å². The van der Waals surface area contributed by atoms with E-state index in [-0.39, 0.29) is 18.4 Å². The fraction of sp³-hybridized carbons (Fsp3) is 0.250. The third kappa shape index (κ3) is 3.67. The zero-order chi connectivity index (χ0) is 18.5. The van der Waals surface area contributed by atoms with Crippen LogP contribution in [0.1, 0.15) is 22.8 Å². The number of amides is 2. The maximum absolute atomic E-state index is 12.8. The molecule has 3 rings (SSSR count). The number of hydrogen-bond donors (Lipinski definition) is 2. The smallest absolute Gasteiger partial charge is 0.253 e. The minimum Gasteiger partial charge on any atom is -0.359 e. The van der Waals surface area contributed by atoms with E-state index in [0.29, 0.717) is 17.9 Å². The SMILES string of the molecule is C#CCNC(=O)c1ccc(N[C@@H](C)C(=O)N2CCc3ccccc32)nc1. The van der Waals surface area contributed by atoms with Gasteiger partial charge in [-0.15, -0.1) is 6.42 Å². The molecule has 2 heterocycles. The Kier molecular flexibility index (Phi) is 5.18. The molecule has 0 fully saturated rings. The van der Waals surface area contributed by atoms with E-state index < -0.39 is 6.04 Å². The molecule has 1 aromatic heterocycles. The van der Waals surface area contributed by atoms with Gasteiger partial charge in [0.2, 0.25) is 5.91 Å². The van der Waals surface area contributed by atoms with Crippen molar-refractivity contribution in [2.24, 2.45) is 0 Å². The maximum Gasteiger partial charge on any atom is 0.253 e. The molecular formula is C20H20N4O2. The Bertz CT molecular complexity index is 855. The van der Waals surface area contributed by atoms with Gasteiger partial charge in [0, 0.05) is 18.4 Å². The number of terminal acetylenes is 1. The molecule has 1 aromatic carbocycles. The predicted molar refractivity (Wildman–Crippen MR) is 101 cm³/mol. The van der Waals surface area contributed by atoms with Gasteiger partial charge in [-0.25, -0.2) is 4.98 Å². The van der Waals surface area contributed by atoms with Gasteiger partial charge in [-0.2, -0.15) is 0 Å². The number of fused-ring (bicyclic) bond motifs is 1. The Morgan fingerprint density at radius 2 is 2.12 bits per heavy atom. The zero-order valence-corrected chi connectivity index (χ0v) is 14.5. The van der Waals surface area contributed by atoms with E-state index in [0.717, 1.165) is 12.1 Å². The molecule has 0 spiro atoms. The summed E-state index contributed by atoms with van der Waals surface area (Å²) in [6.07, 6.45) is 7.44. The largest absolute Gasteiger partial charge is 0.359 e. The number of hydrogen-bond acceptors (Lipinski definition) is 4. The minimum atomic E-state index is -0.435. The lowest BCUT2D eigenvalue weighted by atomic mass is 10.2. The number of carbonyl (C=O) groups is 2. The first kappa shape index (κ1) is 17.5. The number of para-hydroxylation sites is 1. The van der Waals surface area contributed by atoms with Crippen molar-refractivity contribution >= 4 is 23.3 Å². The highest BCUT2D eigenvalue weighted by atomic mass is 16.2. The Balaban J connectivity index is 1.63. The Morgan fingerprint density at radius 3 is 2.85 bits per heavy atom. The third-order valence-electron chi connectivity index (χ3n) is 4.26. The van der Waals surface area contributed by atoms with Gasteiger partial charge >= 0.3 is 0 Å². The van der Waals surface area contributed by atoms with Gasteiger partial charge in [0.25, 0.3) is 5.91 Å².